The van der Waals surface area contributed by atoms with Crippen LogP contribution in [0.4, 0.5) is 0 Å². The van der Waals surface area contributed by atoms with E-state index in [1.807, 2.05) is 55.2 Å². The number of rotatable bonds is 5. The number of carbonyl (C=O) groups is 2. The lowest BCUT2D eigenvalue weighted by Gasteiger charge is -2.27. The predicted molar refractivity (Wildman–Crippen MR) is 99.2 cm³/mol. The summed E-state index contributed by atoms with van der Waals surface area (Å²) >= 11 is 3.44. The van der Waals surface area contributed by atoms with E-state index in [2.05, 4.69) is 15.9 Å². The van der Waals surface area contributed by atoms with Gasteiger partial charge in [0, 0.05) is 4.47 Å². The van der Waals surface area contributed by atoms with E-state index in [0.717, 1.165) is 16.5 Å². The molecule has 138 valence electrons. The van der Waals surface area contributed by atoms with Gasteiger partial charge in [0.1, 0.15) is 11.5 Å². The lowest BCUT2D eigenvalue weighted by molar-refractivity contribution is -0.154. The molecule has 6 heteroatoms. The van der Waals surface area contributed by atoms with E-state index in [9.17, 15) is 9.59 Å². The zero-order valence-electron chi connectivity index (χ0n) is 14.9. The number of hydrogen-bond acceptors (Lipinski definition) is 4. The molecular weight excluding hydrogens is 398 g/mol. The number of ether oxygens (including phenoxy) is 2. The minimum atomic E-state index is -0.693. The van der Waals surface area contributed by atoms with Gasteiger partial charge in [-0.1, -0.05) is 47.1 Å². The van der Waals surface area contributed by atoms with Crippen molar-refractivity contribution < 1.29 is 19.1 Å². The fraction of sp³-hybridized carbons (Fsp3) is 0.500. The number of fused-ring (bicyclic) bond motifs is 1. The lowest BCUT2D eigenvalue weighted by atomic mass is 9.77. The summed E-state index contributed by atoms with van der Waals surface area (Å²) in [6.45, 7) is 4.81. The molecule has 0 N–H and O–H groups in total. The Hall–Kier alpha value is -1.66. The van der Waals surface area contributed by atoms with Crippen molar-refractivity contribution in [2.45, 2.75) is 38.0 Å². The molecule has 2 fully saturated rings. The average molecular weight is 420 g/mol. The van der Waals surface area contributed by atoms with Crippen molar-refractivity contribution in [1.82, 2.24) is 4.90 Å². The Morgan fingerprint density at radius 2 is 2.15 bits per heavy atom. The Labute approximate surface area is 161 Å². The molecule has 0 radical (unpaired) electrons. The van der Waals surface area contributed by atoms with Gasteiger partial charge in [0.25, 0.3) is 0 Å². The van der Waals surface area contributed by atoms with Crippen molar-refractivity contribution in [3.8, 4) is 0 Å². The fourth-order valence-electron chi connectivity index (χ4n) is 4.35. The summed E-state index contributed by atoms with van der Waals surface area (Å²) in [6, 6.07) is 7.87. The number of benzene rings is 1. The number of esters is 1. The number of likely N-dealkylation sites (tertiary alicyclic amines) is 1. The fourth-order valence-corrected chi connectivity index (χ4v) is 4.61. The van der Waals surface area contributed by atoms with Crippen LogP contribution in [0.25, 0.3) is 0 Å². The molecule has 1 aromatic rings. The number of nitrogens with zero attached hydrogens (tertiary/aromatic N) is 1. The molecule has 0 unspecified atom stereocenters. The molecule has 2 bridgehead atoms. The number of hydrogen-bond donors (Lipinski definition) is 0. The number of amides is 1. The first-order valence-electron chi connectivity index (χ1n) is 9.06. The van der Waals surface area contributed by atoms with Crippen molar-refractivity contribution in [1.29, 1.82) is 0 Å². The van der Waals surface area contributed by atoms with Gasteiger partial charge in [-0.05, 0) is 31.0 Å². The van der Waals surface area contributed by atoms with Gasteiger partial charge >= 0.3 is 5.97 Å². The zero-order valence-corrected chi connectivity index (χ0v) is 16.4. The first-order chi connectivity index (χ1) is 12.5. The Morgan fingerprint density at radius 3 is 2.85 bits per heavy atom. The van der Waals surface area contributed by atoms with Gasteiger partial charge in [0.05, 0.1) is 31.2 Å². The van der Waals surface area contributed by atoms with Crippen molar-refractivity contribution in [2.75, 3.05) is 13.2 Å². The predicted octanol–water partition coefficient (Wildman–Crippen LogP) is 3.25. The van der Waals surface area contributed by atoms with E-state index >= 15 is 0 Å². The maximum absolute atomic E-state index is 13.2. The third-order valence-electron chi connectivity index (χ3n) is 5.67. The van der Waals surface area contributed by atoms with E-state index in [0.29, 0.717) is 13.2 Å². The normalized spacial score (nSPS) is 32.8. The van der Waals surface area contributed by atoms with E-state index in [-0.39, 0.29) is 24.0 Å². The van der Waals surface area contributed by atoms with Crippen LogP contribution in [-0.4, -0.2) is 41.6 Å². The molecule has 0 aliphatic carbocycles. The molecule has 1 spiro atoms. The van der Waals surface area contributed by atoms with Crippen molar-refractivity contribution in [3.63, 3.8) is 0 Å². The van der Waals surface area contributed by atoms with Crippen LogP contribution in [0.15, 0.2) is 40.9 Å². The number of carbonyl (C=O) groups excluding carboxylic acids is 2. The first-order valence-corrected chi connectivity index (χ1v) is 9.86. The third-order valence-corrected chi connectivity index (χ3v) is 6.20. The van der Waals surface area contributed by atoms with Gasteiger partial charge < -0.3 is 14.4 Å². The summed E-state index contributed by atoms with van der Waals surface area (Å²) < 4.78 is 12.5. The Kier molecular flexibility index (Phi) is 4.43. The monoisotopic (exact) mass is 419 g/mol. The van der Waals surface area contributed by atoms with Crippen LogP contribution >= 0.6 is 15.9 Å². The first kappa shape index (κ1) is 17.7. The second-order valence-corrected chi connectivity index (χ2v) is 8.18. The minimum Gasteiger partial charge on any atom is -0.465 e. The highest BCUT2D eigenvalue weighted by atomic mass is 79.9. The van der Waals surface area contributed by atoms with E-state index in [1.54, 1.807) is 0 Å². The Bertz CT molecular complexity index is 762. The molecular formula is C20H22BrNO4. The highest BCUT2D eigenvalue weighted by Gasteiger charge is 2.67. The highest BCUT2D eigenvalue weighted by molar-refractivity contribution is 9.10. The van der Waals surface area contributed by atoms with E-state index < -0.39 is 17.4 Å². The minimum absolute atomic E-state index is 0.0225. The zero-order chi connectivity index (χ0) is 18.5. The summed E-state index contributed by atoms with van der Waals surface area (Å²) in [4.78, 5) is 27.6. The van der Waals surface area contributed by atoms with Crippen LogP contribution < -0.4 is 0 Å². The molecule has 2 saturated heterocycles. The topological polar surface area (TPSA) is 55.8 Å². The molecule has 3 aliphatic heterocycles. The molecule has 1 aromatic carbocycles. The maximum Gasteiger partial charge on any atom is 0.312 e. The quantitative estimate of drug-likeness (QED) is 0.542. The summed E-state index contributed by atoms with van der Waals surface area (Å²) in [5.41, 5.74) is 0.364. The summed E-state index contributed by atoms with van der Waals surface area (Å²) in [6.07, 6.45) is 4.29. The summed E-state index contributed by atoms with van der Waals surface area (Å²) in [5, 5.41) is 0. The van der Waals surface area contributed by atoms with Gasteiger partial charge in [-0.25, -0.2) is 0 Å². The Balaban J connectivity index is 1.59. The largest absolute Gasteiger partial charge is 0.465 e. The molecule has 3 aliphatic rings. The standard InChI is InChI=1S/C20H22BrNO4/c1-3-10-25-19(24)16-15-8-9-20(26-15)11-22(18(23)17(16)20)12(2)13-4-6-14(21)7-5-13/h4-9,12,15-17H,3,10-11H2,1-2H3/t12-,15-,16+,17-,20+/m1/s1. The smallest absolute Gasteiger partial charge is 0.312 e. The second kappa shape index (κ2) is 6.50. The Morgan fingerprint density at radius 1 is 1.42 bits per heavy atom. The molecule has 3 heterocycles. The van der Waals surface area contributed by atoms with Gasteiger partial charge in [0.2, 0.25) is 5.91 Å². The molecule has 0 aromatic heterocycles. The van der Waals surface area contributed by atoms with E-state index in [1.165, 1.54) is 0 Å². The summed E-state index contributed by atoms with van der Waals surface area (Å²) in [5.74, 6) is -1.37. The lowest BCUT2D eigenvalue weighted by Crippen LogP contribution is -2.40. The molecule has 26 heavy (non-hydrogen) atoms. The molecule has 1 amide bonds. The van der Waals surface area contributed by atoms with Gasteiger partial charge in [-0.15, -0.1) is 0 Å². The van der Waals surface area contributed by atoms with Crippen molar-refractivity contribution in [2.24, 2.45) is 11.8 Å². The van der Waals surface area contributed by atoms with Gasteiger partial charge in [-0.2, -0.15) is 0 Å². The van der Waals surface area contributed by atoms with Crippen LogP contribution in [0.3, 0.4) is 0 Å². The van der Waals surface area contributed by atoms with Crippen molar-refractivity contribution >= 4 is 27.8 Å². The van der Waals surface area contributed by atoms with Crippen LogP contribution in [0, 0.1) is 11.8 Å². The second-order valence-electron chi connectivity index (χ2n) is 7.26. The molecule has 5 nitrogen and oxygen atoms in total. The van der Waals surface area contributed by atoms with E-state index in [4.69, 9.17) is 9.47 Å². The van der Waals surface area contributed by atoms with Crippen LogP contribution in [0.1, 0.15) is 31.9 Å². The molecule has 0 saturated carbocycles. The summed E-state index contributed by atoms with van der Waals surface area (Å²) in [7, 11) is 0. The van der Waals surface area contributed by atoms with Crippen molar-refractivity contribution in [3.05, 3.63) is 46.5 Å². The van der Waals surface area contributed by atoms with Crippen LogP contribution in [0.5, 0.6) is 0 Å². The highest BCUT2D eigenvalue weighted by Crippen LogP contribution is 2.53. The SMILES string of the molecule is CCCOC(=O)[C@H]1[C@H]2C=C[C@@]3(CN([C@H](C)c4ccc(Br)cc4)C(=O)[C@@H]13)O2. The third kappa shape index (κ3) is 2.62. The maximum atomic E-state index is 13.2. The molecule has 5 atom stereocenters. The average Bonchev–Trinajstić information content (AvgIpc) is 3.28. The molecule has 4 rings (SSSR count). The van der Waals surface area contributed by atoms with Crippen LogP contribution in [0.2, 0.25) is 0 Å². The van der Waals surface area contributed by atoms with Gasteiger partial charge in [0.15, 0.2) is 0 Å². The number of halogens is 1. The van der Waals surface area contributed by atoms with Crippen LogP contribution in [-0.2, 0) is 19.1 Å². The van der Waals surface area contributed by atoms with Gasteiger partial charge in [-0.3, -0.25) is 9.59 Å².